The van der Waals surface area contributed by atoms with Gasteiger partial charge in [0.05, 0.1) is 20.4 Å². The van der Waals surface area contributed by atoms with Crippen LogP contribution in [-0.2, 0) is 16.2 Å². The molecule has 0 saturated heterocycles. The van der Waals surface area contributed by atoms with E-state index in [0.717, 1.165) is 11.1 Å². The smallest absolute Gasteiger partial charge is 0.240 e. The molecular weight excluding hydrogens is 434 g/mol. The summed E-state index contributed by atoms with van der Waals surface area (Å²) in [6, 6.07) is 22.1. The van der Waals surface area contributed by atoms with Crippen LogP contribution in [0.5, 0.6) is 17.2 Å². The van der Waals surface area contributed by atoms with Crippen molar-refractivity contribution in [2.75, 3.05) is 19.5 Å². The molecule has 0 radical (unpaired) electrons. The van der Waals surface area contributed by atoms with Crippen molar-refractivity contribution >= 4 is 23.7 Å². The maximum atomic E-state index is 12.0. The summed E-state index contributed by atoms with van der Waals surface area (Å²) in [5.41, 5.74) is 4.83. The lowest BCUT2D eigenvalue weighted by Crippen LogP contribution is -2.20. The third kappa shape index (κ3) is 7.67. The first-order valence-electron chi connectivity index (χ1n) is 10.7. The van der Waals surface area contributed by atoms with Gasteiger partial charge in [0.25, 0.3) is 0 Å². The van der Waals surface area contributed by atoms with E-state index in [1.54, 1.807) is 56.7 Å². The molecular formula is C26H27N3O5. The van der Waals surface area contributed by atoms with Gasteiger partial charge in [0.15, 0.2) is 11.5 Å². The van der Waals surface area contributed by atoms with Crippen LogP contribution >= 0.6 is 0 Å². The Morgan fingerprint density at radius 2 is 1.59 bits per heavy atom. The fraction of sp³-hybridized carbons (Fsp3) is 0.192. The Kier molecular flexibility index (Phi) is 9.04. The van der Waals surface area contributed by atoms with Crippen LogP contribution < -0.4 is 25.0 Å². The van der Waals surface area contributed by atoms with Gasteiger partial charge < -0.3 is 19.5 Å². The molecule has 0 heterocycles. The van der Waals surface area contributed by atoms with Crippen molar-refractivity contribution < 1.29 is 23.8 Å². The van der Waals surface area contributed by atoms with Gasteiger partial charge in [0.2, 0.25) is 11.8 Å². The molecule has 0 spiro atoms. The van der Waals surface area contributed by atoms with E-state index in [-0.39, 0.29) is 24.7 Å². The average molecular weight is 462 g/mol. The van der Waals surface area contributed by atoms with Gasteiger partial charge >= 0.3 is 0 Å². The Hall–Kier alpha value is -4.33. The van der Waals surface area contributed by atoms with Gasteiger partial charge in [-0.25, -0.2) is 5.43 Å². The minimum Gasteiger partial charge on any atom is -0.497 e. The molecule has 0 aliphatic heterocycles. The first-order chi connectivity index (χ1) is 16.6. The Labute approximate surface area is 198 Å². The number of nitrogens with one attached hydrogen (secondary N) is 2. The predicted octanol–water partition coefficient (Wildman–Crippen LogP) is 4.15. The Morgan fingerprint density at radius 1 is 0.853 bits per heavy atom. The molecule has 3 aromatic rings. The van der Waals surface area contributed by atoms with Crippen LogP contribution in [0.1, 0.15) is 24.0 Å². The summed E-state index contributed by atoms with van der Waals surface area (Å²) < 4.78 is 16.3. The summed E-state index contributed by atoms with van der Waals surface area (Å²) in [6.45, 7) is 0.423. The van der Waals surface area contributed by atoms with Gasteiger partial charge in [-0.2, -0.15) is 5.10 Å². The zero-order chi connectivity index (χ0) is 24.2. The lowest BCUT2D eigenvalue weighted by atomic mass is 10.2. The maximum Gasteiger partial charge on any atom is 0.240 e. The highest BCUT2D eigenvalue weighted by atomic mass is 16.5. The summed E-state index contributed by atoms with van der Waals surface area (Å²) in [7, 11) is 3.13. The Morgan fingerprint density at radius 3 is 2.29 bits per heavy atom. The summed E-state index contributed by atoms with van der Waals surface area (Å²) in [6.07, 6.45) is 1.54. The van der Waals surface area contributed by atoms with Gasteiger partial charge in [-0.05, 0) is 53.6 Å². The molecule has 0 fully saturated rings. The second-order valence-electron chi connectivity index (χ2n) is 7.25. The maximum absolute atomic E-state index is 12.0. The second kappa shape index (κ2) is 12.6. The van der Waals surface area contributed by atoms with Crippen molar-refractivity contribution in [3.05, 3.63) is 83.9 Å². The molecule has 0 aliphatic rings. The number of hydrogen-bond acceptors (Lipinski definition) is 6. The van der Waals surface area contributed by atoms with Crippen LogP contribution in [0.15, 0.2) is 77.9 Å². The molecule has 8 nitrogen and oxygen atoms in total. The molecule has 3 rings (SSSR count). The van der Waals surface area contributed by atoms with Crippen LogP contribution in [0.25, 0.3) is 0 Å². The summed E-state index contributed by atoms with van der Waals surface area (Å²) in [4.78, 5) is 24.0. The zero-order valence-corrected chi connectivity index (χ0v) is 19.1. The molecule has 0 bridgehead atoms. The number of ether oxygens (including phenoxy) is 3. The van der Waals surface area contributed by atoms with Crippen molar-refractivity contribution in [1.29, 1.82) is 0 Å². The number of benzene rings is 3. The Bertz CT molecular complexity index is 1120. The molecule has 0 saturated carbocycles. The molecule has 0 atom stereocenters. The van der Waals surface area contributed by atoms with Crippen molar-refractivity contribution in [2.45, 2.75) is 19.4 Å². The van der Waals surface area contributed by atoms with E-state index in [1.165, 1.54) is 6.21 Å². The third-order valence-corrected chi connectivity index (χ3v) is 4.78. The van der Waals surface area contributed by atoms with E-state index in [4.69, 9.17) is 14.2 Å². The largest absolute Gasteiger partial charge is 0.497 e. The lowest BCUT2D eigenvalue weighted by Gasteiger charge is -2.11. The second-order valence-corrected chi connectivity index (χ2v) is 7.25. The first kappa shape index (κ1) is 24.3. The molecule has 3 aromatic carbocycles. The summed E-state index contributed by atoms with van der Waals surface area (Å²) in [5.74, 6) is 1.23. The van der Waals surface area contributed by atoms with E-state index in [1.807, 2.05) is 30.3 Å². The van der Waals surface area contributed by atoms with E-state index >= 15 is 0 Å². The van der Waals surface area contributed by atoms with Gasteiger partial charge in [0, 0.05) is 18.5 Å². The highest BCUT2D eigenvalue weighted by Gasteiger charge is 2.08. The number of nitrogens with zero attached hydrogens (tertiary/aromatic N) is 1. The van der Waals surface area contributed by atoms with Gasteiger partial charge in [-0.1, -0.05) is 30.3 Å². The van der Waals surface area contributed by atoms with Crippen molar-refractivity contribution in [3.8, 4) is 17.2 Å². The molecule has 8 heteroatoms. The van der Waals surface area contributed by atoms with Crippen LogP contribution in [0.4, 0.5) is 5.69 Å². The number of rotatable bonds is 11. The topological polar surface area (TPSA) is 98.2 Å². The fourth-order valence-electron chi connectivity index (χ4n) is 2.98. The Balaban J connectivity index is 1.44. The van der Waals surface area contributed by atoms with E-state index in [2.05, 4.69) is 15.8 Å². The molecule has 2 N–H and O–H groups in total. The average Bonchev–Trinajstić information content (AvgIpc) is 2.87. The number of carbonyl (C=O) groups is 2. The molecule has 0 aromatic heterocycles. The number of carbonyl (C=O) groups excluding carboxylic acids is 2. The van der Waals surface area contributed by atoms with E-state index < -0.39 is 0 Å². The molecule has 34 heavy (non-hydrogen) atoms. The van der Waals surface area contributed by atoms with Crippen LogP contribution in [-0.4, -0.2) is 32.2 Å². The third-order valence-electron chi connectivity index (χ3n) is 4.78. The van der Waals surface area contributed by atoms with Crippen molar-refractivity contribution in [3.63, 3.8) is 0 Å². The highest BCUT2D eigenvalue weighted by molar-refractivity contribution is 5.93. The van der Waals surface area contributed by atoms with Gasteiger partial charge in [-0.15, -0.1) is 0 Å². The predicted molar refractivity (Wildman–Crippen MR) is 130 cm³/mol. The summed E-state index contributed by atoms with van der Waals surface area (Å²) >= 11 is 0. The normalized spacial score (nSPS) is 10.5. The van der Waals surface area contributed by atoms with E-state index in [9.17, 15) is 9.59 Å². The molecule has 176 valence electrons. The SMILES string of the molecule is COc1ccc(NC(=O)CCC(=O)NN=Cc2ccc(OCc3ccccc3)c(OC)c2)cc1. The standard InChI is InChI=1S/C26H27N3O5/c1-32-22-11-9-21(10-12-22)28-25(30)14-15-26(31)29-27-17-20-8-13-23(24(16-20)33-2)34-18-19-6-4-3-5-7-19/h3-13,16-17H,14-15,18H2,1-2H3,(H,28,30)(H,29,31). The monoisotopic (exact) mass is 461 g/mol. The summed E-state index contributed by atoms with van der Waals surface area (Å²) in [5, 5.41) is 6.69. The number of amides is 2. The molecule has 0 unspecified atom stereocenters. The van der Waals surface area contributed by atoms with Crippen LogP contribution in [0, 0.1) is 0 Å². The number of anilines is 1. The van der Waals surface area contributed by atoms with Gasteiger partial charge in [-0.3, -0.25) is 9.59 Å². The molecule has 2 amide bonds. The quantitative estimate of drug-likeness (QED) is 0.330. The number of methoxy groups -OCH3 is 2. The first-order valence-corrected chi connectivity index (χ1v) is 10.7. The van der Waals surface area contributed by atoms with Crippen LogP contribution in [0.3, 0.4) is 0 Å². The lowest BCUT2D eigenvalue weighted by molar-refractivity contribution is -0.124. The minimum atomic E-state index is -0.365. The van der Waals surface area contributed by atoms with E-state index in [0.29, 0.717) is 29.5 Å². The van der Waals surface area contributed by atoms with Crippen LogP contribution in [0.2, 0.25) is 0 Å². The zero-order valence-electron chi connectivity index (χ0n) is 19.1. The highest BCUT2D eigenvalue weighted by Crippen LogP contribution is 2.28. The van der Waals surface area contributed by atoms with Gasteiger partial charge in [0.1, 0.15) is 12.4 Å². The fourth-order valence-corrected chi connectivity index (χ4v) is 2.98. The minimum absolute atomic E-state index is 0.00884. The van der Waals surface area contributed by atoms with Crippen molar-refractivity contribution in [2.24, 2.45) is 5.10 Å². The van der Waals surface area contributed by atoms with Crippen molar-refractivity contribution in [1.82, 2.24) is 5.43 Å². The number of hydrogen-bond donors (Lipinski definition) is 2. The number of hydrazone groups is 1. The molecule has 0 aliphatic carbocycles.